The van der Waals surface area contributed by atoms with E-state index in [2.05, 4.69) is 29.2 Å². The van der Waals surface area contributed by atoms with Crippen LogP contribution in [0.5, 0.6) is 0 Å². The van der Waals surface area contributed by atoms with Crippen LogP contribution in [-0.2, 0) is 7.05 Å². The number of benzene rings is 1. The van der Waals surface area contributed by atoms with Gasteiger partial charge in [0.2, 0.25) is 0 Å². The zero-order valence-corrected chi connectivity index (χ0v) is 14.1. The van der Waals surface area contributed by atoms with E-state index in [4.69, 9.17) is 11.6 Å². The van der Waals surface area contributed by atoms with Gasteiger partial charge in [0.05, 0.1) is 10.7 Å². The van der Waals surface area contributed by atoms with Crippen LogP contribution in [0.3, 0.4) is 0 Å². The van der Waals surface area contributed by atoms with E-state index in [-0.39, 0.29) is 5.91 Å². The molecule has 6 heteroatoms. The number of hydrogen-bond donors (Lipinski definition) is 1. The van der Waals surface area contributed by atoms with Crippen molar-refractivity contribution in [2.45, 2.75) is 20.8 Å². The molecule has 0 aliphatic heterocycles. The predicted molar refractivity (Wildman–Crippen MR) is 90.9 cm³/mol. The summed E-state index contributed by atoms with van der Waals surface area (Å²) < 4.78 is 1.50. The van der Waals surface area contributed by atoms with E-state index < -0.39 is 0 Å². The molecule has 0 aliphatic carbocycles. The third-order valence-corrected chi connectivity index (χ3v) is 4.07. The van der Waals surface area contributed by atoms with Crippen LogP contribution in [0.2, 0.25) is 5.02 Å². The van der Waals surface area contributed by atoms with Gasteiger partial charge in [0, 0.05) is 31.5 Å². The monoisotopic (exact) mass is 320 g/mol. The molecule has 0 fully saturated rings. The number of halogens is 1. The van der Waals surface area contributed by atoms with Crippen molar-refractivity contribution in [3.8, 4) is 0 Å². The normalized spacial score (nSPS) is 10.6. The average Bonchev–Trinajstić information content (AvgIpc) is 2.75. The van der Waals surface area contributed by atoms with Crippen LogP contribution in [0.4, 0.5) is 11.4 Å². The summed E-state index contributed by atoms with van der Waals surface area (Å²) in [5.74, 6) is -0.260. The minimum atomic E-state index is -0.260. The van der Waals surface area contributed by atoms with Crippen molar-refractivity contribution >= 4 is 28.9 Å². The van der Waals surface area contributed by atoms with Crippen molar-refractivity contribution in [3.63, 3.8) is 0 Å². The number of carbonyl (C=O) groups is 1. The molecule has 2 rings (SSSR count). The molecular formula is C16H21ClN4O. The molecule has 2 aromatic rings. The lowest BCUT2D eigenvalue weighted by Gasteiger charge is -2.21. The van der Waals surface area contributed by atoms with E-state index in [0.29, 0.717) is 16.4 Å². The molecule has 5 nitrogen and oxygen atoms in total. The lowest BCUT2D eigenvalue weighted by Crippen LogP contribution is -2.21. The van der Waals surface area contributed by atoms with Crippen LogP contribution in [0.15, 0.2) is 24.3 Å². The van der Waals surface area contributed by atoms with Crippen molar-refractivity contribution in [2.75, 3.05) is 23.3 Å². The van der Waals surface area contributed by atoms with E-state index in [1.54, 1.807) is 14.0 Å². The van der Waals surface area contributed by atoms with Gasteiger partial charge in [0.25, 0.3) is 5.91 Å². The van der Waals surface area contributed by atoms with E-state index in [1.165, 1.54) is 4.68 Å². The highest BCUT2D eigenvalue weighted by Gasteiger charge is 2.18. The molecular weight excluding hydrogens is 300 g/mol. The Bertz CT molecular complexity index is 660. The van der Waals surface area contributed by atoms with Gasteiger partial charge in [-0.2, -0.15) is 5.10 Å². The van der Waals surface area contributed by atoms with Gasteiger partial charge in [0.1, 0.15) is 5.69 Å². The Balaban J connectivity index is 2.15. The van der Waals surface area contributed by atoms with Gasteiger partial charge >= 0.3 is 0 Å². The van der Waals surface area contributed by atoms with Crippen LogP contribution < -0.4 is 10.2 Å². The maximum atomic E-state index is 12.3. The molecule has 1 N–H and O–H groups in total. The van der Waals surface area contributed by atoms with Crippen LogP contribution in [0.1, 0.15) is 30.0 Å². The second-order valence-electron chi connectivity index (χ2n) is 5.04. The van der Waals surface area contributed by atoms with Crippen molar-refractivity contribution in [1.29, 1.82) is 0 Å². The van der Waals surface area contributed by atoms with Crippen LogP contribution in [0, 0.1) is 6.92 Å². The topological polar surface area (TPSA) is 50.2 Å². The summed E-state index contributed by atoms with van der Waals surface area (Å²) in [4.78, 5) is 14.6. The van der Waals surface area contributed by atoms with Gasteiger partial charge in [-0.15, -0.1) is 0 Å². The van der Waals surface area contributed by atoms with Crippen LogP contribution in [0.25, 0.3) is 0 Å². The number of carbonyl (C=O) groups excluding carboxylic acids is 1. The standard InChI is InChI=1S/C16H21ClN4O/c1-5-21(6-2)13-9-7-12(8-10-13)18-16(22)15-14(17)11(3)19-20(15)4/h7-10H,5-6H2,1-4H3,(H,18,22). The summed E-state index contributed by atoms with van der Waals surface area (Å²) in [6.07, 6.45) is 0. The number of amides is 1. The minimum absolute atomic E-state index is 0.260. The second-order valence-corrected chi connectivity index (χ2v) is 5.42. The van der Waals surface area contributed by atoms with Gasteiger partial charge in [-0.1, -0.05) is 11.6 Å². The summed E-state index contributed by atoms with van der Waals surface area (Å²) in [5.41, 5.74) is 2.88. The average molecular weight is 321 g/mol. The minimum Gasteiger partial charge on any atom is -0.372 e. The Morgan fingerprint density at radius 3 is 2.32 bits per heavy atom. The van der Waals surface area contributed by atoms with Gasteiger partial charge in [-0.3, -0.25) is 9.48 Å². The predicted octanol–water partition coefficient (Wildman–Crippen LogP) is 3.48. The molecule has 1 aromatic heterocycles. The lowest BCUT2D eigenvalue weighted by molar-refractivity contribution is 0.101. The molecule has 0 atom stereocenters. The quantitative estimate of drug-likeness (QED) is 0.917. The summed E-state index contributed by atoms with van der Waals surface area (Å²) in [5, 5.41) is 7.39. The number of rotatable bonds is 5. The first-order chi connectivity index (χ1) is 10.5. The molecule has 0 saturated carbocycles. The smallest absolute Gasteiger partial charge is 0.275 e. The zero-order chi connectivity index (χ0) is 16.3. The summed E-state index contributed by atoms with van der Waals surface area (Å²) in [7, 11) is 1.71. The Morgan fingerprint density at radius 1 is 1.27 bits per heavy atom. The van der Waals surface area contributed by atoms with E-state index in [0.717, 1.165) is 24.5 Å². The fraction of sp³-hybridized carbons (Fsp3) is 0.375. The van der Waals surface area contributed by atoms with Crippen LogP contribution >= 0.6 is 11.6 Å². The number of aromatic nitrogens is 2. The third kappa shape index (κ3) is 3.25. The first-order valence-electron chi connectivity index (χ1n) is 7.33. The van der Waals surface area contributed by atoms with E-state index >= 15 is 0 Å². The molecule has 1 aromatic carbocycles. The maximum Gasteiger partial charge on any atom is 0.275 e. The Labute approximate surface area is 135 Å². The highest BCUT2D eigenvalue weighted by molar-refractivity contribution is 6.34. The van der Waals surface area contributed by atoms with E-state index in [9.17, 15) is 4.79 Å². The fourth-order valence-electron chi connectivity index (χ4n) is 2.41. The lowest BCUT2D eigenvalue weighted by atomic mass is 10.2. The Kier molecular flexibility index (Phi) is 5.08. The summed E-state index contributed by atoms with van der Waals surface area (Å²) in [6.45, 7) is 7.91. The molecule has 0 aliphatic rings. The number of hydrogen-bond acceptors (Lipinski definition) is 3. The van der Waals surface area contributed by atoms with E-state index in [1.807, 2.05) is 24.3 Å². The molecule has 0 unspecified atom stereocenters. The number of nitrogens with zero attached hydrogens (tertiary/aromatic N) is 3. The van der Waals surface area contributed by atoms with Crippen molar-refractivity contribution in [3.05, 3.63) is 40.7 Å². The van der Waals surface area contributed by atoms with Crippen molar-refractivity contribution in [1.82, 2.24) is 9.78 Å². The Hall–Kier alpha value is -2.01. The number of nitrogens with one attached hydrogen (secondary N) is 1. The zero-order valence-electron chi connectivity index (χ0n) is 13.4. The Morgan fingerprint density at radius 2 is 1.86 bits per heavy atom. The summed E-state index contributed by atoms with van der Waals surface area (Å²) >= 11 is 6.13. The number of anilines is 2. The largest absolute Gasteiger partial charge is 0.372 e. The third-order valence-electron chi connectivity index (χ3n) is 3.62. The molecule has 22 heavy (non-hydrogen) atoms. The second kappa shape index (κ2) is 6.83. The fourth-order valence-corrected chi connectivity index (χ4v) is 2.66. The van der Waals surface area contributed by atoms with Crippen molar-refractivity contribution in [2.24, 2.45) is 7.05 Å². The molecule has 1 heterocycles. The molecule has 0 radical (unpaired) electrons. The highest BCUT2D eigenvalue weighted by Crippen LogP contribution is 2.22. The maximum absolute atomic E-state index is 12.3. The van der Waals surface area contributed by atoms with Crippen LogP contribution in [-0.4, -0.2) is 28.8 Å². The summed E-state index contributed by atoms with van der Waals surface area (Å²) in [6, 6.07) is 7.78. The molecule has 1 amide bonds. The SMILES string of the molecule is CCN(CC)c1ccc(NC(=O)c2c(Cl)c(C)nn2C)cc1. The van der Waals surface area contributed by atoms with Gasteiger partial charge in [-0.25, -0.2) is 0 Å². The van der Waals surface area contributed by atoms with Gasteiger partial charge in [0.15, 0.2) is 0 Å². The van der Waals surface area contributed by atoms with Gasteiger partial charge in [-0.05, 0) is 45.0 Å². The first kappa shape index (κ1) is 16.4. The number of aryl methyl sites for hydroxylation is 2. The van der Waals surface area contributed by atoms with Crippen molar-refractivity contribution < 1.29 is 4.79 Å². The van der Waals surface area contributed by atoms with Gasteiger partial charge < -0.3 is 10.2 Å². The molecule has 0 bridgehead atoms. The highest BCUT2D eigenvalue weighted by atomic mass is 35.5. The molecule has 118 valence electrons. The molecule has 0 spiro atoms. The molecule has 0 saturated heterocycles. The first-order valence-corrected chi connectivity index (χ1v) is 7.71.